The molecule has 1 aromatic heterocycles. The highest BCUT2D eigenvalue weighted by Crippen LogP contribution is 2.41. The number of esters is 2. The predicted octanol–water partition coefficient (Wildman–Crippen LogP) is 5.66. The third-order valence-electron chi connectivity index (χ3n) is 8.71. The first kappa shape index (κ1) is 38.6. The number of fused-ring (bicyclic) bond motifs is 6. The van der Waals surface area contributed by atoms with E-state index in [4.69, 9.17) is 23.7 Å². The minimum Gasteiger partial charge on any atom is -0.493 e. The predicted molar refractivity (Wildman–Crippen MR) is 185 cm³/mol. The van der Waals surface area contributed by atoms with E-state index in [1.807, 2.05) is 43.3 Å². The van der Waals surface area contributed by atoms with Crippen LogP contribution in [0.5, 0.6) is 28.7 Å². The lowest BCUT2D eigenvalue weighted by Gasteiger charge is -2.20. The fraction of sp³-hybridized carbons (Fsp3) is 0.297. The van der Waals surface area contributed by atoms with Crippen molar-refractivity contribution in [1.29, 1.82) is 0 Å². The highest BCUT2D eigenvalue weighted by atomic mass is 19.2. The van der Waals surface area contributed by atoms with Gasteiger partial charge in [-0.3, -0.25) is 14.4 Å². The summed E-state index contributed by atoms with van der Waals surface area (Å²) in [4.78, 5) is 54.4. The Morgan fingerprint density at radius 2 is 1.38 bits per heavy atom. The van der Waals surface area contributed by atoms with Crippen LogP contribution in [0.3, 0.4) is 0 Å². The summed E-state index contributed by atoms with van der Waals surface area (Å²) in [7, 11) is 6.49. The minimum atomic E-state index is -2.43. The topological polar surface area (TPSA) is 135 Å². The molecule has 0 atom stereocenters. The zero-order chi connectivity index (χ0) is 39.7. The number of ether oxygens (including phenoxy) is 6. The van der Waals surface area contributed by atoms with Crippen molar-refractivity contribution in [3.8, 4) is 28.7 Å². The maximum atomic E-state index is 14.2. The van der Waals surface area contributed by atoms with Gasteiger partial charge in [-0.05, 0) is 43.7 Å². The number of amides is 1. The van der Waals surface area contributed by atoms with Gasteiger partial charge in [0.25, 0.3) is 5.56 Å². The lowest BCUT2D eigenvalue weighted by Crippen LogP contribution is -2.33. The minimum absolute atomic E-state index is 0.0593. The number of hydrogen-bond donors (Lipinski definition) is 0. The maximum Gasteiger partial charge on any atom is 0.415 e. The largest absolute Gasteiger partial charge is 0.493 e. The number of benzene rings is 4. The Hall–Kier alpha value is -6.17. The van der Waals surface area contributed by atoms with Crippen molar-refractivity contribution >= 4 is 50.5 Å². The number of carbonyl (C=O) groups is 3. The van der Waals surface area contributed by atoms with Crippen molar-refractivity contribution in [3.63, 3.8) is 0 Å². The Balaban J connectivity index is 1.15. The number of likely N-dealkylation sites (N-methyl/N-ethyl adjacent to an activating group) is 2. The number of aromatic nitrogens is 1. The molecule has 6 rings (SSSR count). The second-order valence-electron chi connectivity index (χ2n) is 12.6. The van der Waals surface area contributed by atoms with E-state index in [1.54, 1.807) is 10.6 Å². The van der Waals surface area contributed by atoms with Crippen molar-refractivity contribution in [3.05, 3.63) is 75.8 Å². The van der Waals surface area contributed by atoms with Gasteiger partial charge in [-0.2, -0.15) is 8.78 Å². The second kappa shape index (κ2) is 15.7. The molecule has 0 aliphatic carbocycles. The van der Waals surface area contributed by atoms with Crippen LogP contribution in [0.25, 0.3) is 32.4 Å². The van der Waals surface area contributed by atoms with Crippen molar-refractivity contribution < 1.29 is 64.8 Å². The molecular formula is C37H32F5N3O10. The summed E-state index contributed by atoms with van der Waals surface area (Å²) < 4.78 is 101. The summed E-state index contributed by atoms with van der Waals surface area (Å²) >= 11 is 0. The first-order chi connectivity index (χ1) is 26.2. The van der Waals surface area contributed by atoms with Crippen LogP contribution >= 0.6 is 0 Å². The van der Waals surface area contributed by atoms with Crippen LogP contribution in [0.15, 0.2) is 41.2 Å². The summed E-state index contributed by atoms with van der Waals surface area (Å²) in [6, 6.07) is 10.5. The number of pyridine rings is 1. The van der Waals surface area contributed by atoms with Gasteiger partial charge in [0, 0.05) is 36.3 Å². The van der Waals surface area contributed by atoms with E-state index in [9.17, 15) is 41.1 Å². The van der Waals surface area contributed by atoms with Crippen LogP contribution in [0.1, 0.15) is 12.8 Å². The normalized spacial score (nSPS) is 12.1. The van der Waals surface area contributed by atoms with Crippen LogP contribution in [0, 0.1) is 29.1 Å². The summed E-state index contributed by atoms with van der Waals surface area (Å²) in [5.74, 6) is -14.8. The lowest BCUT2D eigenvalue weighted by atomic mass is 10.00. The van der Waals surface area contributed by atoms with E-state index in [0.29, 0.717) is 35.5 Å². The van der Waals surface area contributed by atoms with Gasteiger partial charge >= 0.3 is 18.0 Å². The number of halogens is 5. The van der Waals surface area contributed by atoms with Crippen molar-refractivity contribution in [2.24, 2.45) is 0 Å². The van der Waals surface area contributed by atoms with Crippen LogP contribution < -0.4 is 29.2 Å². The summed E-state index contributed by atoms with van der Waals surface area (Å²) in [6.07, 6.45) is -2.42. The molecule has 5 aromatic rings. The molecule has 13 nitrogen and oxygen atoms in total. The number of hydrogen-bond acceptors (Lipinski definition) is 11. The molecule has 0 saturated heterocycles. The van der Waals surface area contributed by atoms with Gasteiger partial charge in [0.2, 0.25) is 41.6 Å². The van der Waals surface area contributed by atoms with Gasteiger partial charge < -0.3 is 42.8 Å². The maximum absolute atomic E-state index is 14.2. The molecule has 0 unspecified atom stereocenters. The molecule has 0 fully saturated rings. The number of methoxy groups -OCH3 is 1. The monoisotopic (exact) mass is 773 g/mol. The number of rotatable bonds is 12. The molecule has 2 heterocycles. The highest BCUT2D eigenvalue weighted by Gasteiger charge is 2.29. The molecule has 1 aliphatic heterocycles. The van der Waals surface area contributed by atoms with Crippen molar-refractivity contribution in [2.75, 3.05) is 54.7 Å². The Labute approximate surface area is 308 Å². The lowest BCUT2D eigenvalue weighted by molar-refractivity contribution is -0.147. The van der Waals surface area contributed by atoms with Gasteiger partial charge in [-0.25, -0.2) is 18.0 Å². The van der Waals surface area contributed by atoms with Crippen LogP contribution in [0.4, 0.5) is 26.7 Å². The number of nitrogens with zero attached hydrogens (tertiary/aromatic N) is 3. The van der Waals surface area contributed by atoms with E-state index in [1.165, 1.54) is 20.2 Å². The molecule has 0 saturated carbocycles. The first-order valence-corrected chi connectivity index (χ1v) is 16.6. The summed E-state index contributed by atoms with van der Waals surface area (Å²) in [6.45, 7) is 0.367. The molecule has 4 aromatic carbocycles. The molecule has 1 aliphatic rings. The fourth-order valence-corrected chi connectivity index (χ4v) is 5.84. The molecule has 0 radical (unpaired) electrons. The smallest absolute Gasteiger partial charge is 0.415 e. The fourth-order valence-electron chi connectivity index (χ4n) is 5.84. The van der Waals surface area contributed by atoms with Gasteiger partial charge in [0.1, 0.15) is 6.61 Å². The summed E-state index contributed by atoms with van der Waals surface area (Å²) in [5, 5.41) is 3.16. The average Bonchev–Trinajstić information content (AvgIpc) is 3.63. The average molecular weight is 774 g/mol. The molecule has 0 bridgehead atoms. The van der Waals surface area contributed by atoms with E-state index < -0.39 is 65.7 Å². The molecule has 0 N–H and O–H groups in total. The molecule has 18 heteroatoms. The zero-order valence-electron chi connectivity index (χ0n) is 29.7. The van der Waals surface area contributed by atoms with Crippen LogP contribution in [-0.4, -0.2) is 87.1 Å². The van der Waals surface area contributed by atoms with Crippen molar-refractivity contribution in [1.82, 2.24) is 14.4 Å². The highest BCUT2D eigenvalue weighted by molar-refractivity contribution is 6.16. The Kier molecular flexibility index (Phi) is 11.0. The number of carbonyl (C=O) groups excluding carboxylic acids is 3. The third-order valence-corrected chi connectivity index (χ3v) is 8.71. The van der Waals surface area contributed by atoms with E-state index >= 15 is 0 Å². The van der Waals surface area contributed by atoms with Gasteiger partial charge in [0.05, 0.1) is 37.4 Å². The van der Waals surface area contributed by atoms with Gasteiger partial charge in [-0.1, -0.05) is 12.1 Å². The molecular weight excluding hydrogens is 741 g/mol. The van der Waals surface area contributed by atoms with Crippen LogP contribution in [0.2, 0.25) is 0 Å². The van der Waals surface area contributed by atoms with Crippen LogP contribution in [-0.2, 0) is 20.9 Å². The Bertz CT molecular complexity index is 2410. The molecule has 0 spiro atoms. The SMILES string of the molecule is COc1cc2c(cc1OC(=O)N(C)CCOC(=O)CCC(=O)Oc1c(F)c(F)c(F)c(F)c1F)c(=O)n(CCN(C)C)c1c3cc4c(cc3ccc21)OCO4. The van der Waals surface area contributed by atoms with Gasteiger partial charge in [-0.15, -0.1) is 0 Å². The van der Waals surface area contributed by atoms with Gasteiger partial charge in [0.15, 0.2) is 23.0 Å². The first-order valence-electron chi connectivity index (χ1n) is 16.6. The standard InChI is InChI=1S/C37H32F5N3O10/c1-43(2)9-10-45-34-19(6-5-18-13-24-25(14-20(18)34)53-17-52-24)21-15-23(50-4)26(16-22(21)36(45)48)54-37(49)44(3)11-12-51-27(46)7-8-28(47)55-35-32(41)30(39)29(38)31(40)33(35)42/h5-6,13-16H,7-12,17H2,1-4H3. The Morgan fingerprint density at radius 1 is 0.745 bits per heavy atom. The summed E-state index contributed by atoms with van der Waals surface area (Å²) in [5.41, 5.74) is 0.334. The Morgan fingerprint density at radius 3 is 2.05 bits per heavy atom. The molecule has 1 amide bonds. The quantitative estimate of drug-likeness (QED) is 0.0388. The van der Waals surface area contributed by atoms with Crippen molar-refractivity contribution in [2.45, 2.75) is 19.4 Å². The third kappa shape index (κ3) is 7.62. The van der Waals surface area contributed by atoms with E-state index in [0.717, 1.165) is 21.1 Å². The molecule has 290 valence electrons. The molecule has 55 heavy (non-hydrogen) atoms. The van der Waals surface area contributed by atoms with E-state index in [2.05, 4.69) is 4.74 Å². The second-order valence-corrected chi connectivity index (χ2v) is 12.6. The van der Waals surface area contributed by atoms with E-state index in [-0.39, 0.29) is 42.4 Å². The zero-order valence-corrected chi connectivity index (χ0v) is 29.7.